The van der Waals surface area contributed by atoms with Crippen LogP contribution in [0.1, 0.15) is 46.5 Å². The molecule has 2 bridgehead atoms. The number of rotatable bonds is 4. The minimum Gasteiger partial charge on any atom is -0.481 e. The predicted octanol–water partition coefficient (Wildman–Crippen LogP) is 2.27. The lowest BCUT2D eigenvalue weighted by molar-refractivity contribution is -0.136. The lowest BCUT2D eigenvalue weighted by Gasteiger charge is -2.39. The summed E-state index contributed by atoms with van der Waals surface area (Å²) in [7, 11) is 0. The van der Waals surface area contributed by atoms with Crippen molar-refractivity contribution in [1.29, 1.82) is 0 Å². The van der Waals surface area contributed by atoms with E-state index in [-0.39, 0.29) is 6.42 Å². The van der Waals surface area contributed by atoms with Crippen LogP contribution in [0.3, 0.4) is 0 Å². The second kappa shape index (κ2) is 3.73. The van der Waals surface area contributed by atoms with E-state index in [0.29, 0.717) is 23.4 Å². The molecule has 0 aromatic rings. The van der Waals surface area contributed by atoms with Crippen LogP contribution < -0.4 is 5.32 Å². The average Bonchev–Trinajstić information content (AvgIpc) is 2.49. The van der Waals surface area contributed by atoms with Crippen LogP contribution in [0, 0.1) is 16.7 Å². The summed E-state index contributed by atoms with van der Waals surface area (Å²) in [5.41, 5.74) is 0.768. The number of aliphatic carboxylic acids is 1. The van der Waals surface area contributed by atoms with Gasteiger partial charge in [-0.1, -0.05) is 20.8 Å². The zero-order chi connectivity index (χ0) is 12.0. The van der Waals surface area contributed by atoms with Gasteiger partial charge in [0.15, 0.2) is 0 Å². The van der Waals surface area contributed by atoms with Crippen LogP contribution in [-0.4, -0.2) is 23.7 Å². The van der Waals surface area contributed by atoms with E-state index in [1.54, 1.807) is 0 Å². The van der Waals surface area contributed by atoms with Crippen molar-refractivity contribution < 1.29 is 9.90 Å². The lowest BCUT2D eigenvalue weighted by atomic mass is 9.69. The first kappa shape index (κ1) is 11.9. The molecule has 2 rings (SSSR count). The van der Waals surface area contributed by atoms with E-state index in [1.165, 1.54) is 19.3 Å². The monoisotopic (exact) mass is 225 g/mol. The third kappa shape index (κ3) is 1.56. The van der Waals surface area contributed by atoms with Gasteiger partial charge in [-0.25, -0.2) is 0 Å². The van der Waals surface area contributed by atoms with Gasteiger partial charge in [0.05, 0.1) is 6.42 Å². The van der Waals surface area contributed by atoms with Crippen molar-refractivity contribution in [2.45, 2.75) is 52.5 Å². The maximum atomic E-state index is 10.5. The molecular formula is C13H23NO2. The summed E-state index contributed by atoms with van der Waals surface area (Å²) in [6.45, 7) is 7.74. The molecule has 3 atom stereocenters. The maximum absolute atomic E-state index is 10.5. The van der Waals surface area contributed by atoms with Crippen molar-refractivity contribution in [3.63, 3.8) is 0 Å². The molecule has 2 aliphatic rings. The largest absolute Gasteiger partial charge is 0.481 e. The standard InChI is InChI=1S/C13H23NO2/c1-12(2)9-4-6-13(12,3)10(8-9)14-7-5-11(15)16/h9-10,14H,4-8H2,1-3H3,(H,15,16). The van der Waals surface area contributed by atoms with Crippen molar-refractivity contribution in [3.05, 3.63) is 0 Å². The Hall–Kier alpha value is -0.570. The Morgan fingerprint density at radius 2 is 2.12 bits per heavy atom. The quantitative estimate of drug-likeness (QED) is 0.771. The smallest absolute Gasteiger partial charge is 0.304 e. The van der Waals surface area contributed by atoms with Crippen LogP contribution in [0.15, 0.2) is 0 Å². The predicted molar refractivity (Wildman–Crippen MR) is 63.3 cm³/mol. The highest BCUT2D eigenvalue weighted by Gasteiger charge is 2.60. The molecule has 3 unspecified atom stereocenters. The number of carbonyl (C=O) groups is 1. The fraction of sp³-hybridized carbons (Fsp3) is 0.923. The average molecular weight is 225 g/mol. The molecule has 16 heavy (non-hydrogen) atoms. The van der Waals surface area contributed by atoms with Crippen molar-refractivity contribution in [1.82, 2.24) is 5.32 Å². The Bertz CT molecular complexity index is 300. The molecule has 2 N–H and O–H groups in total. The van der Waals surface area contributed by atoms with Crippen molar-refractivity contribution >= 4 is 5.97 Å². The molecule has 0 aromatic heterocycles. The van der Waals surface area contributed by atoms with Gasteiger partial charge in [0.2, 0.25) is 0 Å². The van der Waals surface area contributed by atoms with Crippen LogP contribution in [0.4, 0.5) is 0 Å². The Morgan fingerprint density at radius 1 is 1.44 bits per heavy atom. The molecule has 0 heterocycles. The summed E-state index contributed by atoms with van der Waals surface area (Å²) >= 11 is 0. The van der Waals surface area contributed by atoms with Gasteiger partial charge < -0.3 is 10.4 Å². The molecule has 0 aromatic carbocycles. The van der Waals surface area contributed by atoms with Crippen molar-refractivity contribution in [2.24, 2.45) is 16.7 Å². The van der Waals surface area contributed by atoms with Gasteiger partial charge in [-0.3, -0.25) is 4.79 Å². The lowest BCUT2D eigenvalue weighted by Crippen LogP contribution is -2.45. The van der Waals surface area contributed by atoms with Crippen LogP contribution >= 0.6 is 0 Å². The zero-order valence-corrected chi connectivity index (χ0v) is 10.5. The van der Waals surface area contributed by atoms with Gasteiger partial charge in [-0.15, -0.1) is 0 Å². The Kier molecular flexibility index (Phi) is 2.77. The highest BCUT2D eigenvalue weighted by molar-refractivity contribution is 5.66. The second-order valence-corrected chi connectivity index (χ2v) is 6.26. The number of hydrogen-bond donors (Lipinski definition) is 2. The van der Waals surface area contributed by atoms with Crippen LogP contribution in [0.25, 0.3) is 0 Å². The molecule has 2 fully saturated rings. The third-order valence-corrected chi connectivity index (χ3v) is 5.52. The summed E-state index contributed by atoms with van der Waals surface area (Å²) in [5.74, 6) is 0.111. The Morgan fingerprint density at radius 3 is 2.56 bits per heavy atom. The summed E-state index contributed by atoms with van der Waals surface area (Å²) in [6.07, 6.45) is 4.09. The summed E-state index contributed by atoms with van der Waals surface area (Å²) < 4.78 is 0. The SMILES string of the molecule is CC1(C)C2CCC1(C)C(NCCC(=O)O)C2. The van der Waals surface area contributed by atoms with Crippen LogP contribution in [0.2, 0.25) is 0 Å². The molecule has 92 valence electrons. The highest BCUT2D eigenvalue weighted by Crippen LogP contribution is 2.65. The topological polar surface area (TPSA) is 49.3 Å². The first-order chi connectivity index (χ1) is 7.38. The van der Waals surface area contributed by atoms with Gasteiger partial charge in [0, 0.05) is 12.6 Å². The molecule has 0 spiro atoms. The van der Waals surface area contributed by atoms with E-state index in [0.717, 1.165) is 5.92 Å². The molecule has 2 aliphatic carbocycles. The minimum atomic E-state index is -0.708. The maximum Gasteiger partial charge on any atom is 0.304 e. The van der Waals surface area contributed by atoms with E-state index < -0.39 is 5.97 Å². The van der Waals surface area contributed by atoms with Gasteiger partial charge in [-0.05, 0) is 36.0 Å². The fourth-order valence-corrected chi connectivity index (χ4v) is 3.87. The molecule has 0 radical (unpaired) electrons. The number of nitrogens with one attached hydrogen (secondary N) is 1. The van der Waals surface area contributed by atoms with Crippen LogP contribution in [0.5, 0.6) is 0 Å². The molecule has 0 amide bonds. The van der Waals surface area contributed by atoms with Gasteiger partial charge in [0.1, 0.15) is 0 Å². The molecule has 0 saturated heterocycles. The number of hydrogen-bond acceptors (Lipinski definition) is 2. The second-order valence-electron chi connectivity index (χ2n) is 6.26. The first-order valence-corrected chi connectivity index (χ1v) is 6.33. The minimum absolute atomic E-state index is 0.234. The van der Waals surface area contributed by atoms with Gasteiger partial charge >= 0.3 is 5.97 Å². The van der Waals surface area contributed by atoms with Crippen molar-refractivity contribution in [3.8, 4) is 0 Å². The molecular weight excluding hydrogens is 202 g/mol. The molecule has 3 nitrogen and oxygen atoms in total. The Labute approximate surface area is 97.6 Å². The highest BCUT2D eigenvalue weighted by atomic mass is 16.4. The zero-order valence-electron chi connectivity index (χ0n) is 10.5. The molecule has 3 heteroatoms. The summed E-state index contributed by atoms with van der Waals surface area (Å²) in [6, 6.07) is 0.514. The van der Waals surface area contributed by atoms with E-state index >= 15 is 0 Å². The normalized spacial score (nSPS) is 40.2. The van der Waals surface area contributed by atoms with E-state index in [9.17, 15) is 4.79 Å². The van der Waals surface area contributed by atoms with E-state index in [1.807, 2.05) is 0 Å². The third-order valence-electron chi connectivity index (χ3n) is 5.52. The van der Waals surface area contributed by atoms with Crippen molar-refractivity contribution in [2.75, 3.05) is 6.54 Å². The summed E-state index contributed by atoms with van der Waals surface area (Å²) in [5, 5.41) is 12.1. The summed E-state index contributed by atoms with van der Waals surface area (Å²) in [4.78, 5) is 10.5. The molecule has 2 saturated carbocycles. The van der Waals surface area contributed by atoms with Crippen LogP contribution in [-0.2, 0) is 4.79 Å². The Balaban J connectivity index is 1.96. The van der Waals surface area contributed by atoms with E-state index in [2.05, 4.69) is 26.1 Å². The van der Waals surface area contributed by atoms with E-state index in [4.69, 9.17) is 5.11 Å². The fourth-order valence-electron chi connectivity index (χ4n) is 3.87. The number of carboxylic acids is 1. The molecule has 0 aliphatic heterocycles. The van der Waals surface area contributed by atoms with Gasteiger partial charge in [-0.2, -0.15) is 0 Å². The van der Waals surface area contributed by atoms with Gasteiger partial charge in [0.25, 0.3) is 0 Å². The first-order valence-electron chi connectivity index (χ1n) is 6.33. The number of carboxylic acid groups (broad SMARTS) is 1. The number of fused-ring (bicyclic) bond motifs is 2.